The SMILES string of the molecule is COc1cc(NC(=O)c2cc(NC(=O)Nc3ccccc3)ccc2OCCN2CCOCC2)c(C(N)=O)cc1OC. The molecule has 1 heterocycles. The average molecular weight is 564 g/mol. The van der Waals surface area contributed by atoms with E-state index in [1.807, 2.05) is 6.07 Å². The van der Waals surface area contributed by atoms with Crippen molar-refractivity contribution in [1.29, 1.82) is 0 Å². The van der Waals surface area contributed by atoms with Crippen molar-refractivity contribution in [3.8, 4) is 17.2 Å². The number of urea groups is 1. The number of methoxy groups -OCH3 is 2. The Bertz CT molecular complexity index is 1380. The van der Waals surface area contributed by atoms with E-state index in [1.165, 1.54) is 32.4 Å². The largest absolute Gasteiger partial charge is 0.493 e. The van der Waals surface area contributed by atoms with Gasteiger partial charge in [0.1, 0.15) is 12.4 Å². The van der Waals surface area contributed by atoms with Crippen LogP contribution >= 0.6 is 0 Å². The van der Waals surface area contributed by atoms with Gasteiger partial charge in [-0.2, -0.15) is 0 Å². The molecule has 1 aliphatic rings. The number of primary amides is 1. The van der Waals surface area contributed by atoms with Gasteiger partial charge in [-0.15, -0.1) is 0 Å². The molecule has 5 N–H and O–H groups in total. The van der Waals surface area contributed by atoms with Crippen molar-refractivity contribution in [3.05, 3.63) is 71.8 Å². The normalized spacial score (nSPS) is 13.1. The van der Waals surface area contributed by atoms with Crippen molar-refractivity contribution in [1.82, 2.24) is 4.90 Å². The number of ether oxygens (including phenoxy) is 4. The Labute approximate surface area is 237 Å². The van der Waals surface area contributed by atoms with Crippen LogP contribution in [0, 0.1) is 0 Å². The average Bonchev–Trinajstić information content (AvgIpc) is 2.98. The van der Waals surface area contributed by atoms with Gasteiger partial charge < -0.3 is 40.6 Å². The van der Waals surface area contributed by atoms with Crippen molar-refractivity contribution >= 4 is 34.9 Å². The second-order valence-corrected chi connectivity index (χ2v) is 9.03. The van der Waals surface area contributed by atoms with Crippen LogP contribution in [0.3, 0.4) is 0 Å². The molecule has 4 amide bonds. The first-order valence-electron chi connectivity index (χ1n) is 12.9. The zero-order chi connectivity index (χ0) is 29.2. The summed E-state index contributed by atoms with van der Waals surface area (Å²) in [5, 5.41) is 8.19. The lowest BCUT2D eigenvalue weighted by atomic mass is 10.1. The number of nitrogens with zero attached hydrogens (tertiary/aromatic N) is 1. The molecule has 12 nitrogen and oxygen atoms in total. The molecule has 12 heteroatoms. The maximum absolute atomic E-state index is 13.6. The van der Waals surface area contributed by atoms with Crippen LogP contribution in [-0.4, -0.2) is 76.4 Å². The highest BCUT2D eigenvalue weighted by molar-refractivity contribution is 6.11. The first-order chi connectivity index (χ1) is 19.9. The van der Waals surface area contributed by atoms with E-state index in [2.05, 4.69) is 20.9 Å². The van der Waals surface area contributed by atoms with Gasteiger partial charge in [-0.1, -0.05) is 18.2 Å². The lowest BCUT2D eigenvalue weighted by Gasteiger charge is -2.26. The highest BCUT2D eigenvalue weighted by Gasteiger charge is 2.21. The Morgan fingerprint density at radius 1 is 0.829 bits per heavy atom. The van der Waals surface area contributed by atoms with Crippen molar-refractivity contribution in [3.63, 3.8) is 0 Å². The van der Waals surface area contributed by atoms with Crippen molar-refractivity contribution < 1.29 is 33.3 Å². The maximum Gasteiger partial charge on any atom is 0.323 e. The summed E-state index contributed by atoms with van der Waals surface area (Å²) in [5.41, 5.74) is 6.83. The lowest BCUT2D eigenvalue weighted by molar-refractivity contribution is 0.0322. The molecule has 4 rings (SSSR count). The third-order valence-electron chi connectivity index (χ3n) is 6.32. The smallest absolute Gasteiger partial charge is 0.323 e. The molecular weight excluding hydrogens is 530 g/mol. The summed E-state index contributed by atoms with van der Waals surface area (Å²) in [7, 11) is 2.86. The van der Waals surface area contributed by atoms with E-state index in [0.29, 0.717) is 49.2 Å². The van der Waals surface area contributed by atoms with Crippen LogP contribution in [0.5, 0.6) is 17.2 Å². The number of hydrogen-bond donors (Lipinski definition) is 4. The van der Waals surface area contributed by atoms with E-state index < -0.39 is 17.8 Å². The Hall–Kier alpha value is -4.81. The Balaban J connectivity index is 1.58. The zero-order valence-electron chi connectivity index (χ0n) is 22.9. The van der Waals surface area contributed by atoms with E-state index in [4.69, 9.17) is 24.7 Å². The van der Waals surface area contributed by atoms with Gasteiger partial charge >= 0.3 is 6.03 Å². The van der Waals surface area contributed by atoms with E-state index in [9.17, 15) is 14.4 Å². The molecule has 3 aromatic carbocycles. The van der Waals surface area contributed by atoms with Gasteiger partial charge in [-0.3, -0.25) is 14.5 Å². The lowest BCUT2D eigenvalue weighted by Crippen LogP contribution is -2.38. The molecule has 1 aliphatic heterocycles. The molecule has 3 aromatic rings. The first kappa shape index (κ1) is 29.2. The summed E-state index contributed by atoms with van der Waals surface area (Å²) in [6, 6.07) is 16.0. The van der Waals surface area contributed by atoms with Gasteiger partial charge in [0.25, 0.3) is 11.8 Å². The van der Waals surface area contributed by atoms with Crippen LogP contribution < -0.4 is 35.9 Å². The van der Waals surface area contributed by atoms with E-state index in [-0.39, 0.29) is 22.6 Å². The number of nitrogens with two attached hydrogens (primary N) is 1. The predicted molar refractivity (Wildman–Crippen MR) is 154 cm³/mol. The molecule has 1 saturated heterocycles. The van der Waals surface area contributed by atoms with Crippen LogP contribution in [0.15, 0.2) is 60.7 Å². The quantitative estimate of drug-likeness (QED) is 0.277. The van der Waals surface area contributed by atoms with E-state index in [1.54, 1.807) is 36.4 Å². The second kappa shape index (κ2) is 14.0. The number of carbonyl (C=O) groups excluding carboxylic acids is 3. The van der Waals surface area contributed by atoms with E-state index in [0.717, 1.165) is 13.1 Å². The number of rotatable bonds is 11. The number of anilines is 3. The molecule has 0 aliphatic carbocycles. The summed E-state index contributed by atoms with van der Waals surface area (Å²) < 4.78 is 22.0. The molecule has 0 bridgehead atoms. The van der Waals surface area contributed by atoms with Crippen molar-refractivity contribution in [2.45, 2.75) is 0 Å². The van der Waals surface area contributed by atoms with Crippen LogP contribution in [0.1, 0.15) is 20.7 Å². The topological polar surface area (TPSA) is 153 Å². The number of morpholine rings is 1. The summed E-state index contributed by atoms with van der Waals surface area (Å²) in [6.45, 7) is 3.88. The first-order valence-corrected chi connectivity index (χ1v) is 12.9. The molecule has 1 fully saturated rings. The highest BCUT2D eigenvalue weighted by Crippen LogP contribution is 2.34. The minimum Gasteiger partial charge on any atom is -0.493 e. The Kier molecular flexibility index (Phi) is 9.97. The fourth-order valence-electron chi connectivity index (χ4n) is 4.21. The van der Waals surface area contributed by atoms with E-state index >= 15 is 0 Å². The maximum atomic E-state index is 13.6. The fourth-order valence-corrected chi connectivity index (χ4v) is 4.21. The summed E-state index contributed by atoms with van der Waals surface area (Å²) in [4.78, 5) is 40.6. The second-order valence-electron chi connectivity index (χ2n) is 9.03. The summed E-state index contributed by atoms with van der Waals surface area (Å²) in [5.74, 6) is -0.486. The molecule has 41 heavy (non-hydrogen) atoms. The van der Waals surface area contributed by atoms with Gasteiger partial charge in [0.05, 0.1) is 44.2 Å². The molecule has 0 saturated carbocycles. The van der Waals surface area contributed by atoms with Crippen molar-refractivity contribution in [2.24, 2.45) is 5.73 Å². The third kappa shape index (κ3) is 7.87. The molecule has 0 unspecified atom stereocenters. The van der Waals surface area contributed by atoms with Gasteiger partial charge in [0.15, 0.2) is 11.5 Å². The van der Waals surface area contributed by atoms with Gasteiger partial charge in [0, 0.05) is 37.1 Å². The number of benzene rings is 3. The molecular formula is C29H33N5O7. The molecule has 0 radical (unpaired) electrons. The Morgan fingerprint density at radius 3 is 2.20 bits per heavy atom. The zero-order valence-corrected chi connectivity index (χ0v) is 22.9. The minimum atomic E-state index is -0.767. The standard InChI is InChI=1S/C29H33N5O7/c1-38-25-17-21(27(30)35)23(18-26(25)39-2)33-28(36)22-16-20(32-29(37)31-19-6-4-3-5-7-19)8-9-24(22)41-15-12-34-10-13-40-14-11-34/h3-9,16-18H,10-15H2,1-2H3,(H2,30,35)(H,33,36)(H2,31,32,37). The van der Waals surface area contributed by atoms with Crippen molar-refractivity contribution in [2.75, 3.05) is 69.6 Å². The van der Waals surface area contributed by atoms with Crippen LogP contribution in [0.25, 0.3) is 0 Å². The van der Waals surface area contributed by atoms with Gasteiger partial charge in [-0.05, 0) is 36.4 Å². The monoisotopic (exact) mass is 563 g/mol. The number of hydrogen-bond acceptors (Lipinski definition) is 8. The number of para-hydroxylation sites is 1. The van der Waals surface area contributed by atoms with Crippen LogP contribution in [0.4, 0.5) is 21.9 Å². The van der Waals surface area contributed by atoms with Gasteiger partial charge in [-0.25, -0.2) is 4.79 Å². The third-order valence-corrected chi connectivity index (χ3v) is 6.32. The number of nitrogens with one attached hydrogen (secondary N) is 3. The molecule has 0 aromatic heterocycles. The number of carbonyl (C=O) groups is 3. The minimum absolute atomic E-state index is 0.0299. The molecule has 0 atom stereocenters. The summed E-state index contributed by atoms with van der Waals surface area (Å²) >= 11 is 0. The van der Waals surface area contributed by atoms with Crippen LogP contribution in [0.2, 0.25) is 0 Å². The van der Waals surface area contributed by atoms with Gasteiger partial charge in [0.2, 0.25) is 0 Å². The highest BCUT2D eigenvalue weighted by atomic mass is 16.5. The Morgan fingerprint density at radius 2 is 1.51 bits per heavy atom. The van der Waals surface area contributed by atoms with Crippen LogP contribution in [-0.2, 0) is 4.74 Å². The molecule has 0 spiro atoms. The summed E-state index contributed by atoms with van der Waals surface area (Å²) in [6.07, 6.45) is 0. The fraction of sp³-hybridized carbons (Fsp3) is 0.276. The number of amides is 4. The molecule has 216 valence electrons. The predicted octanol–water partition coefficient (Wildman–Crippen LogP) is 3.41.